The quantitative estimate of drug-likeness (QED) is 0.751. The van der Waals surface area contributed by atoms with Gasteiger partial charge in [-0.1, -0.05) is 12.1 Å². The maximum atomic E-state index is 11.2. The van der Waals surface area contributed by atoms with Crippen LogP contribution in [0.3, 0.4) is 0 Å². The summed E-state index contributed by atoms with van der Waals surface area (Å²) in [6.45, 7) is 0.275. The van der Waals surface area contributed by atoms with Gasteiger partial charge in [-0.3, -0.25) is 4.79 Å². The van der Waals surface area contributed by atoms with E-state index in [4.69, 9.17) is 9.47 Å². The Balaban J connectivity index is 1.95. The van der Waals surface area contributed by atoms with Crippen LogP contribution in [0.15, 0.2) is 24.3 Å². The Labute approximate surface area is 102 Å². The largest absolute Gasteiger partial charge is 0.468 e. The molecule has 92 valence electrons. The molecule has 0 N–H and O–H groups in total. The van der Waals surface area contributed by atoms with Crippen molar-refractivity contribution in [1.29, 1.82) is 0 Å². The normalized spacial score (nSPS) is 17.1. The lowest BCUT2D eigenvalue weighted by molar-refractivity contribution is -0.120. The fraction of sp³-hybridized carbons (Fsp3) is 0.500. The van der Waals surface area contributed by atoms with Crippen LogP contribution in [-0.4, -0.2) is 19.7 Å². The average molecular weight is 234 g/mol. The maximum absolute atomic E-state index is 11.2. The lowest BCUT2D eigenvalue weighted by atomic mass is 9.83. The topological polar surface area (TPSA) is 35.5 Å². The van der Waals surface area contributed by atoms with Crippen LogP contribution in [0, 0.1) is 0 Å². The van der Waals surface area contributed by atoms with Gasteiger partial charge in [0.25, 0.3) is 0 Å². The van der Waals surface area contributed by atoms with Gasteiger partial charge in [0.2, 0.25) is 0 Å². The number of rotatable bonds is 4. The molecule has 0 spiro atoms. The molecule has 2 rings (SSSR count). The molecule has 0 bridgehead atoms. The molecule has 1 aromatic carbocycles. The molecular weight excluding hydrogens is 216 g/mol. The Morgan fingerprint density at radius 1 is 1.18 bits per heavy atom. The first-order valence-electron chi connectivity index (χ1n) is 6.03. The Kier molecular flexibility index (Phi) is 4.15. The molecule has 1 fully saturated rings. The number of methoxy groups -OCH3 is 1. The van der Waals surface area contributed by atoms with Crippen LogP contribution >= 0.6 is 0 Å². The molecular formula is C14H18O3. The summed E-state index contributed by atoms with van der Waals surface area (Å²) < 4.78 is 10.2. The minimum atomic E-state index is 0.275. The molecule has 1 aromatic rings. The highest BCUT2D eigenvalue weighted by Crippen LogP contribution is 2.31. The molecule has 0 saturated heterocycles. The third kappa shape index (κ3) is 3.30. The van der Waals surface area contributed by atoms with Crippen LogP contribution in [0.1, 0.15) is 37.2 Å². The predicted octanol–water partition coefficient (Wildman–Crippen LogP) is 2.90. The lowest BCUT2D eigenvalue weighted by Crippen LogP contribution is -2.12. The molecule has 0 aromatic heterocycles. The summed E-state index contributed by atoms with van der Waals surface area (Å²) >= 11 is 0. The summed E-state index contributed by atoms with van der Waals surface area (Å²) in [5, 5.41) is 0. The van der Waals surface area contributed by atoms with E-state index in [0.29, 0.717) is 11.7 Å². The van der Waals surface area contributed by atoms with Crippen LogP contribution < -0.4 is 4.74 Å². The molecule has 0 radical (unpaired) electrons. The van der Waals surface area contributed by atoms with Gasteiger partial charge in [-0.05, 0) is 36.5 Å². The number of hydrogen-bond acceptors (Lipinski definition) is 3. The van der Waals surface area contributed by atoms with Gasteiger partial charge in [0, 0.05) is 20.0 Å². The highest BCUT2D eigenvalue weighted by Gasteiger charge is 2.19. The standard InChI is InChI=1S/C14H18O3/c1-16-10-17-14-8-4-12(5-9-14)11-2-6-13(15)7-3-11/h4-5,8-9,11H,2-3,6-7,10H2,1H3. The Bertz CT molecular complexity index is 360. The summed E-state index contributed by atoms with van der Waals surface area (Å²) in [4.78, 5) is 11.2. The van der Waals surface area contributed by atoms with Crippen LogP contribution in [0.2, 0.25) is 0 Å². The van der Waals surface area contributed by atoms with Crippen molar-refractivity contribution in [2.24, 2.45) is 0 Å². The van der Waals surface area contributed by atoms with Crippen molar-refractivity contribution >= 4 is 5.78 Å². The highest BCUT2D eigenvalue weighted by molar-refractivity contribution is 5.79. The fourth-order valence-corrected chi connectivity index (χ4v) is 2.24. The summed E-state index contributed by atoms with van der Waals surface area (Å²) in [5.74, 6) is 1.76. The summed E-state index contributed by atoms with van der Waals surface area (Å²) in [5.41, 5.74) is 1.31. The zero-order valence-electron chi connectivity index (χ0n) is 10.1. The summed E-state index contributed by atoms with van der Waals surface area (Å²) in [6.07, 6.45) is 3.42. The first kappa shape index (κ1) is 12.1. The van der Waals surface area contributed by atoms with Crippen molar-refractivity contribution < 1.29 is 14.3 Å². The molecule has 0 amide bonds. The van der Waals surface area contributed by atoms with Gasteiger partial charge in [0.15, 0.2) is 6.79 Å². The van der Waals surface area contributed by atoms with Crippen molar-refractivity contribution in [2.45, 2.75) is 31.6 Å². The Morgan fingerprint density at radius 3 is 2.41 bits per heavy atom. The van der Waals surface area contributed by atoms with Gasteiger partial charge in [-0.15, -0.1) is 0 Å². The van der Waals surface area contributed by atoms with Crippen LogP contribution in [0.5, 0.6) is 5.75 Å². The third-order valence-corrected chi connectivity index (χ3v) is 3.24. The monoisotopic (exact) mass is 234 g/mol. The molecule has 0 aliphatic heterocycles. The molecule has 3 heteroatoms. The van der Waals surface area contributed by atoms with Crippen molar-refractivity contribution in [1.82, 2.24) is 0 Å². The van der Waals surface area contributed by atoms with Gasteiger partial charge < -0.3 is 9.47 Å². The minimum Gasteiger partial charge on any atom is -0.468 e. The van der Waals surface area contributed by atoms with Crippen molar-refractivity contribution in [3.8, 4) is 5.75 Å². The number of carbonyl (C=O) groups is 1. The Morgan fingerprint density at radius 2 is 1.82 bits per heavy atom. The van der Waals surface area contributed by atoms with E-state index in [2.05, 4.69) is 12.1 Å². The van der Waals surface area contributed by atoms with Crippen molar-refractivity contribution in [2.75, 3.05) is 13.9 Å². The first-order valence-corrected chi connectivity index (χ1v) is 6.03. The number of Topliss-reactive ketones (excluding diaryl/α,β-unsaturated/α-hetero) is 1. The molecule has 1 aliphatic carbocycles. The van der Waals surface area contributed by atoms with Crippen molar-refractivity contribution in [3.63, 3.8) is 0 Å². The van der Waals surface area contributed by atoms with Gasteiger partial charge in [0.1, 0.15) is 11.5 Å². The molecule has 1 aliphatic rings. The predicted molar refractivity (Wildman–Crippen MR) is 65.2 cm³/mol. The average Bonchev–Trinajstić information content (AvgIpc) is 2.38. The van der Waals surface area contributed by atoms with Gasteiger partial charge in [0.05, 0.1) is 0 Å². The fourth-order valence-electron chi connectivity index (χ4n) is 2.24. The number of ketones is 1. The van der Waals surface area contributed by atoms with Gasteiger partial charge in [-0.2, -0.15) is 0 Å². The van der Waals surface area contributed by atoms with Crippen molar-refractivity contribution in [3.05, 3.63) is 29.8 Å². The molecule has 0 atom stereocenters. The minimum absolute atomic E-state index is 0.275. The second-order valence-electron chi connectivity index (χ2n) is 4.43. The van der Waals surface area contributed by atoms with Crippen LogP contribution in [0.4, 0.5) is 0 Å². The number of hydrogen-bond donors (Lipinski definition) is 0. The number of ether oxygens (including phenoxy) is 2. The smallest absolute Gasteiger partial charge is 0.188 e. The molecule has 1 saturated carbocycles. The van der Waals surface area contributed by atoms with Gasteiger partial charge in [-0.25, -0.2) is 0 Å². The van der Waals surface area contributed by atoms with E-state index in [1.165, 1.54) is 5.56 Å². The van der Waals surface area contributed by atoms with E-state index in [1.807, 2.05) is 12.1 Å². The maximum Gasteiger partial charge on any atom is 0.188 e. The Hall–Kier alpha value is -1.35. The third-order valence-electron chi connectivity index (χ3n) is 3.24. The highest BCUT2D eigenvalue weighted by atomic mass is 16.7. The van der Waals surface area contributed by atoms with Gasteiger partial charge >= 0.3 is 0 Å². The zero-order chi connectivity index (χ0) is 12.1. The first-order chi connectivity index (χ1) is 8.29. The van der Waals surface area contributed by atoms with E-state index >= 15 is 0 Å². The molecule has 3 nitrogen and oxygen atoms in total. The van der Waals surface area contributed by atoms with E-state index in [9.17, 15) is 4.79 Å². The van der Waals surface area contributed by atoms with E-state index < -0.39 is 0 Å². The number of benzene rings is 1. The van der Waals surface area contributed by atoms with E-state index in [-0.39, 0.29) is 6.79 Å². The SMILES string of the molecule is COCOc1ccc(C2CCC(=O)CC2)cc1. The number of carbonyl (C=O) groups excluding carboxylic acids is 1. The zero-order valence-corrected chi connectivity index (χ0v) is 10.1. The second-order valence-corrected chi connectivity index (χ2v) is 4.43. The van der Waals surface area contributed by atoms with Crippen LogP contribution in [0.25, 0.3) is 0 Å². The van der Waals surface area contributed by atoms with Crippen LogP contribution in [-0.2, 0) is 9.53 Å². The second kappa shape index (κ2) is 5.82. The lowest BCUT2D eigenvalue weighted by Gasteiger charge is -2.21. The van der Waals surface area contributed by atoms with E-state index in [0.717, 1.165) is 31.4 Å². The molecule has 0 unspecified atom stereocenters. The summed E-state index contributed by atoms with van der Waals surface area (Å²) in [7, 11) is 1.60. The summed E-state index contributed by atoms with van der Waals surface area (Å²) in [6, 6.07) is 8.10. The molecule has 0 heterocycles. The van der Waals surface area contributed by atoms with E-state index in [1.54, 1.807) is 7.11 Å². The molecule has 17 heavy (non-hydrogen) atoms.